The second-order valence-corrected chi connectivity index (χ2v) is 15.0. The molecular weight excluding hydrogens is 360 g/mol. The van der Waals surface area contributed by atoms with Crippen molar-refractivity contribution in [2.75, 3.05) is 13.1 Å². The summed E-state index contributed by atoms with van der Waals surface area (Å²) in [7, 11) is -1.92. The zero-order valence-corrected chi connectivity index (χ0v) is 19.6. The topological polar surface area (TPSA) is 87.5 Å². The van der Waals surface area contributed by atoms with E-state index in [2.05, 4.69) is 43.9 Å². The summed E-state index contributed by atoms with van der Waals surface area (Å²) < 4.78 is 12.2. The van der Waals surface area contributed by atoms with Crippen molar-refractivity contribution in [3.05, 3.63) is 10.4 Å². The van der Waals surface area contributed by atoms with Gasteiger partial charge in [0.05, 0.1) is 6.10 Å². The van der Waals surface area contributed by atoms with E-state index in [1.54, 1.807) is 0 Å². The Balaban J connectivity index is 2.92. The second-order valence-electron chi connectivity index (χ2n) is 10.3. The van der Waals surface area contributed by atoms with Gasteiger partial charge in [-0.05, 0) is 63.2 Å². The van der Waals surface area contributed by atoms with Crippen molar-refractivity contribution in [3.63, 3.8) is 0 Å². The van der Waals surface area contributed by atoms with Gasteiger partial charge in [0.2, 0.25) is 0 Å². The van der Waals surface area contributed by atoms with Crippen LogP contribution >= 0.6 is 0 Å². The van der Waals surface area contributed by atoms with Crippen molar-refractivity contribution in [2.45, 2.75) is 97.2 Å². The minimum Gasteiger partial charge on any atom is -0.444 e. The number of likely N-dealkylation sites (tertiary alicyclic amines) is 1. The Morgan fingerprint density at radius 3 is 2.37 bits per heavy atom. The van der Waals surface area contributed by atoms with Crippen molar-refractivity contribution in [3.8, 4) is 0 Å². The standard InChI is InChI=1S/C19H38N4O3Si/c1-14(12-21-22-20)10-15-11-16(26-27(8,9)19(5,6)7)13-23(15)17(24)25-18(2,3)4/h14-16H,10-13H2,1-9H3/t14-,15-,16-/m1/s1. The van der Waals surface area contributed by atoms with Gasteiger partial charge in [0.15, 0.2) is 8.32 Å². The van der Waals surface area contributed by atoms with Crippen molar-refractivity contribution >= 4 is 14.4 Å². The fourth-order valence-corrected chi connectivity index (χ4v) is 4.39. The summed E-state index contributed by atoms with van der Waals surface area (Å²) in [5, 5.41) is 3.80. The summed E-state index contributed by atoms with van der Waals surface area (Å²) >= 11 is 0. The molecule has 1 heterocycles. The van der Waals surface area contributed by atoms with Crippen LogP contribution in [0.25, 0.3) is 10.4 Å². The number of nitrogens with zero attached hydrogens (tertiary/aromatic N) is 4. The summed E-state index contributed by atoms with van der Waals surface area (Å²) in [4.78, 5) is 17.4. The molecule has 0 saturated carbocycles. The van der Waals surface area contributed by atoms with Crippen LogP contribution in [-0.4, -0.2) is 50.1 Å². The van der Waals surface area contributed by atoms with E-state index < -0.39 is 13.9 Å². The van der Waals surface area contributed by atoms with Gasteiger partial charge in [-0.1, -0.05) is 32.8 Å². The van der Waals surface area contributed by atoms with E-state index in [0.717, 1.165) is 12.8 Å². The molecule has 1 saturated heterocycles. The molecule has 0 unspecified atom stereocenters. The van der Waals surface area contributed by atoms with E-state index >= 15 is 0 Å². The Labute approximate surface area is 165 Å². The minimum absolute atomic E-state index is 0.0232. The van der Waals surface area contributed by atoms with Gasteiger partial charge in [-0.25, -0.2) is 4.79 Å². The van der Waals surface area contributed by atoms with Gasteiger partial charge in [-0.15, -0.1) is 0 Å². The van der Waals surface area contributed by atoms with Crippen LogP contribution in [0.15, 0.2) is 5.11 Å². The van der Waals surface area contributed by atoms with Crippen molar-refractivity contribution in [2.24, 2.45) is 11.0 Å². The van der Waals surface area contributed by atoms with E-state index in [1.807, 2.05) is 32.6 Å². The first-order chi connectivity index (χ1) is 12.2. The van der Waals surface area contributed by atoms with Gasteiger partial charge in [-0.2, -0.15) is 0 Å². The molecule has 0 aromatic rings. The summed E-state index contributed by atoms with van der Waals surface area (Å²) in [6, 6.07) is 0.0403. The molecule has 3 atom stereocenters. The normalized spacial score (nSPS) is 22.3. The molecule has 0 aromatic carbocycles. The Kier molecular flexibility index (Phi) is 7.79. The van der Waals surface area contributed by atoms with Crippen LogP contribution in [0.2, 0.25) is 18.1 Å². The molecule has 0 radical (unpaired) electrons. The van der Waals surface area contributed by atoms with Crippen LogP contribution in [0, 0.1) is 5.92 Å². The van der Waals surface area contributed by atoms with Gasteiger partial charge in [0.1, 0.15) is 5.60 Å². The number of azide groups is 1. The number of carbonyl (C=O) groups is 1. The lowest BCUT2D eigenvalue weighted by Gasteiger charge is -2.38. The highest BCUT2D eigenvalue weighted by atomic mass is 28.4. The average molecular weight is 399 g/mol. The second kappa shape index (κ2) is 8.84. The van der Waals surface area contributed by atoms with Crippen LogP contribution in [0.3, 0.4) is 0 Å². The first kappa shape index (κ1) is 23.8. The quantitative estimate of drug-likeness (QED) is 0.248. The Bertz CT molecular complexity index is 562. The van der Waals surface area contributed by atoms with Crippen LogP contribution in [-0.2, 0) is 9.16 Å². The number of amides is 1. The molecule has 156 valence electrons. The molecule has 1 amide bonds. The number of hydrogen-bond acceptors (Lipinski definition) is 4. The summed E-state index contributed by atoms with van der Waals surface area (Å²) in [6.45, 7) is 19.8. The Morgan fingerprint density at radius 1 is 1.30 bits per heavy atom. The summed E-state index contributed by atoms with van der Waals surface area (Å²) in [5.41, 5.74) is 8.02. The monoisotopic (exact) mass is 398 g/mol. The molecule has 8 heteroatoms. The zero-order valence-electron chi connectivity index (χ0n) is 18.6. The van der Waals surface area contributed by atoms with Crippen LogP contribution in [0.1, 0.15) is 61.3 Å². The predicted molar refractivity (Wildman–Crippen MR) is 111 cm³/mol. The highest BCUT2D eigenvalue weighted by molar-refractivity contribution is 6.74. The van der Waals surface area contributed by atoms with Gasteiger partial charge in [0, 0.05) is 24.0 Å². The van der Waals surface area contributed by atoms with E-state index in [0.29, 0.717) is 13.1 Å². The van der Waals surface area contributed by atoms with Crippen LogP contribution in [0.5, 0.6) is 0 Å². The van der Waals surface area contributed by atoms with E-state index in [-0.39, 0.29) is 29.2 Å². The maximum Gasteiger partial charge on any atom is 0.410 e. The molecule has 0 spiro atoms. The third-order valence-electron chi connectivity index (χ3n) is 5.40. The van der Waals surface area contributed by atoms with Crippen LogP contribution in [0.4, 0.5) is 4.79 Å². The number of rotatable bonds is 6. The number of carbonyl (C=O) groups excluding carboxylic acids is 1. The third kappa shape index (κ3) is 7.35. The molecule has 1 aliphatic rings. The van der Waals surface area contributed by atoms with E-state index in [9.17, 15) is 4.79 Å². The fourth-order valence-electron chi connectivity index (χ4n) is 3.04. The average Bonchev–Trinajstić information content (AvgIpc) is 2.84. The lowest BCUT2D eigenvalue weighted by molar-refractivity contribution is 0.0196. The fraction of sp³-hybridized carbons (Fsp3) is 0.947. The van der Waals surface area contributed by atoms with E-state index in [1.165, 1.54) is 0 Å². The molecule has 1 rings (SSSR count). The minimum atomic E-state index is -1.92. The van der Waals surface area contributed by atoms with Gasteiger partial charge < -0.3 is 14.1 Å². The maximum atomic E-state index is 12.8. The maximum absolute atomic E-state index is 12.8. The smallest absolute Gasteiger partial charge is 0.410 e. The first-order valence-corrected chi connectivity index (χ1v) is 12.8. The van der Waals surface area contributed by atoms with Gasteiger partial charge >= 0.3 is 6.09 Å². The van der Waals surface area contributed by atoms with Crippen molar-refractivity contribution < 1.29 is 14.0 Å². The molecule has 0 N–H and O–H groups in total. The molecule has 1 fully saturated rings. The largest absolute Gasteiger partial charge is 0.444 e. The predicted octanol–water partition coefficient (Wildman–Crippen LogP) is 5.72. The lowest BCUT2D eigenvalue weighted by atomic mass is 10.00. The van der Waals surface area contributed by atoms with Gasteiger partial charge in [0.25, 0.3) is 0 Å². The first-order valence-electron chi connectivity index (χ1n) is 9.84. The molecule has 0 aliphatic carbocycles. The molecule has 0 aromatic heterocycles. The highest BCUT2D eigenvalue weighted by Crippen LogP contribution is 2.39. The van der Waals surface area contributed by atoms with Crippen molar-refractivity contribution in [1.82, 2.24) is 4.90 Å². The highest BCUT2D eigenvalue weighted by Gasteiger charge is 2.44. The molecular formula is C19H38N4O3Si. The molecule has 27 heavy (non-hydrogen) atoms. The molecule has 0 bridgehead atoms. The summed E-state index contributed by atoms with van der Waals surface area (Å²) in [6.07, 6.45) is 1.31. The Hall–Kier alpha value is -1.24. The number of hydrogen-bond donors (Lipinski definition) is 0. The lowest BCUT2D eigenvalue weighted by Crippen LogP contribution is -2.45. The SMILES string of the molecule is C[C@@H](CN=[N+]=[N-])C[C@@H]1C[C@@H](O[Si](C)(C)C(C)(C)C)CN1C(=O)OC(C)(C)C. The third-order valence-corrected chi connectivity index (χ3v) is 9.94. The molecule has 1 aliphatic heterocycles. The summed E-state index contributed by atoms with van der Waals surface area (Å²) in [5.74, 6) is 0.197. The zero-order chi connectivity index (χ0) is 21.0. The van der Waals surface area contributed by atoms with E-state index in [4.69, 9.17) is 14.7 Å². The van der Waals surface area contributed by atoms with Crippen LogP contribution < -0.4 is 0 Å². The van der Waals surface area contributed by atoms with Crippen molar-refractivity contribution in [1.29, 1.82) is 0 Å². The molecule has 7 nitrogen and oxygen atoms in total. The number of ether oxygens (including phenoxy) is 1. The van der Waals surface area contributed by atoms with Gasteiger partial charge in [-0.3, -0.25) is 0 Å². The Morgan fingerprint density at radius 2 is 1.89 bits per heavy atom.